The molecule has 1 aromatic rings. The Labute approximate surface area is 131 Å². The summed E-state index contributed by atoms with van der Waals surface area (Å²) in [5, 5.41) is 3.91. The van der Waals surface area contributed by atoms with E-state index in [1.807, 2.05) is 24.3 Å². The van der Waals surface area contributed by atoms with E-state index in [4.69, 9.17) is 0 Å². The smallest absolute Gasteiger partial charge is 0.244 e. The Balaban J connectivity index is 1.91. The molecule has 0 radical (unpaired) electrons. The monoisotopic (exact) mass is 322 g/mol. The first-order chi connectivity index (χ1) is 10.2. The molecular weight excluding hydrogens is 300 g/mol. The van der Waals surface area contributed by atoms with Crippen molar-refractivity contribution in [1.29, 1.82) is 0 Å². The largest absolute Gasteiger partial charge is 0.273 e. The Morgan fingerprint density at radius 1 is 1.27 bits per heavy atom. The molecule has 1 N–H and O–H groups in total. The van der Waals surface area contributed by atoms with Crippen molar-refractivity contribution >= 4 is 22.0 Å². The van der Waals surface area contributed by atoms with Crippen LogP contribution in [0.15, 0.2) is 29.4 Å². The Hall–Kier alpha value is -1.69. The minimum absolute atomic E-state index is 0.0748. The van der Waals surface area contributed by atoms with Gasteiger partial charge in [-0.3, -0.25) is 4.79 Å². The predicted octanol–water partition coefficient (Wildman–Crippen LogP) is 1.87. The highest BCUT2D eigenvalue weighted by molar-refractivity contribution is 7.91. The number of hydrogen-bond donors (Lipinski definition) is 1. The molecule has 0 aromatic heterocycles. The number of benzene rings is 1. The van der Waals surface area contributed by atoms with Crippen molar-refractivity contribution in [3.8, 4) is 0 Å². The van der Waals surface area contributed by atoms with Crippen LogP contribution in [0.5, 0.6) is 0 Å². The summed E-state index contributed by atoms with van der Waals surface area (Å²) in [5.74, 6) is -0.799. The number of hydrazone groups is 1. The minimum Gasteiger partial charge on any atom is -0.273 e. The lowest BCUT2D eigenvalue weighted by molar-refractivity contribution is -0.124. The number of hydrogen-bond acceptors (Lipinski definition) is 4. The van der Waals surface area contributed by atoms with E-state index in [1.54, 1.807) is 6.21 Å². The maximum atomic E-state index is 11.8. The first kappa shape index (κ1) is 16.7. The molecule has 22 heavy (non-hydrogen) atoms. The van der Waals surface area contributed by atoms with Gasteiger partial charge in [-0.2, -0.15) is 5.10 Å². The van der Waals surface area contributed by atoms with Gasteiger partial charge in [0.15, 0.2) is 9.84 Å². The molecule has 0 bridgehead atoms. The van der Waals surface area contributed by atoms with Crippen LogP contribution in [0.3, 0.4) is 0 Å². The summed E-state index contributed by atoms with van der Waals surface area (Å²) in [6.45, 7) is 6.43. The van der Waals surface area contributed by atoms with Gasteiger partial charge in [0.2, 0.25) is 5.91 Å². The molecule has 1 heterocycles. The summed E-state index contributed by atoms with van der Waals surface area (Å²) >= 11 is 0. The second kappa shape index (κ2) is 6.20. The molecule has 120 valence electrons. The minimum atomic E-state index is -3.05. The van der Waals surface area contributed by atoms with Crippen molar-refractivity contribution in [3.05, 3.63) is 35.4 Å². The van der Waals surface area contributed by atoms with Crippen molar-refractivity contribution in [3.63, 3.8) is 0 Å². The molecule has 0 aliphatic carbocycles. The highest BCUT2D eigenvalue weighted by Gasteiger charge is 2.32. The van der Waals surface area contributed by atoms with E-state index in [1.165, 1.54) is 5.56 Å². The summed E-state index contributed by atoms with van der Waals surface area (Å²) in [6, 6.07) is 7.95. The molecule has 1 atom stereocenters. The third-order valence-corrected chi connectivity index (χ3v) is 5.54. The van der Waals surface area contributed by atoms with Crippen LogP contribution < -0.4 is 5.43 Å². The molecule has 1 fully saturated rings. The summed E-state index contributed by atoms with van der Waals surface area (Å²) in [5.41, 5.74) is 4.63. The van der Waals surface area contributed by atoms with Crippen molar-refractivity contribution in [1.82, 2.24) is 5.43 Å². The zero-order valence-corrected chi connectivity index (χ0v) is 14.0. The Bertz CT molecular complexity index is 670. The van der Waals surface area contributed by atoms with Crippen molar-refractivity contribution in [2.75, 3.05) is 11.5 Å². The molecule has 1 aromatic carbocycles. The fourth-order valence-corrected chi connectivity index (χ4v) is 4.07. The fourth-order valence-electron chi connectivity index (χ4n) is 2.33. The van der Waals surface area contributed by atoms with Gasteiger partial charge in [-0.25, -0.2) is 13.8 Å². The van der Waals surface area contributed by atoms with Gasteiger partial charge in [-0.15, -0.1) is 0 Å². The number of amides is 1. The molecule has 1 amide bonds. The Morgan fingerprint density at radius 3 is 2.41 bits per heavy atom. The van der Waals surface area contributed by atoms with E-state index in [-0.39, 0.29) is 22.8 Å². The van der Waals surface area contributed by atoms with Crippen LogP contribution in [0.25, 0.3) is 0 Å². The van der Waals surface area contributed by atoms with E-state index in [9.17, 15) is 13.2 Å². The first-order valence-electron chi connectivity index (χ1n) is 7.31. The van der Waals surface area contributed by atoms with Crippen molar-refractivity contribution in [2.45, 2.75) is 32.6 Å². The van der Waals surface area contributed by atoms with Crippen LogP contribution in [0.1, 0.15) is 38.3 Å². The highest BCUT2D eigenvalue weighted by Crippen LogP contribution is 2.22. The second-order valence-corrected chi connectivity index (χ2v) is 8.93. The third-order valence-electron chi connectivity index (χ3n) is 3.77. The Morgan fingerprint density at radius 2 is 1.91 bits per heavy atom. The molecule has 0 unspecified atom stereocenters. The van der Waals surface area contributed by atoms with Gasteiger partial charge in [0.25, 0.3) is 0 Å². The number of nitrogens with one attached hydrogen (secondary N) is 1. The molecular formula is C16H22N2O3S. The number of nitrogens with zero attached hydrogens (tertiary/aromatic N) is 1. The van der Waals surface area contributed by atoms with Gasteiger partial charge in [0.1, 0.15) is 0 Å². The first-order valence-corrected chi connectivity index (χ1v) is 9.13. The van der Waals surface area contributed by atoms with Crippen molar-refractivity contribution < 1.29 is 13.2 Å². The van der Waals surface area contributed by atoms with Crippen LogP contribution in [0, 0.1) is 5.92 Å². The summed E-state index contributed by atoms with van der Waals surface area (Å²) in [4.78, 5) is 11.8. The maximum absolute atomic E-state index is 11.8. The number of carbonyl (C=O) groups excluding carboxylic acids is 1. The summed E-state index contributed by atoms with van der Waals surface area (Å²) in [7, 11) is -3.05. The zero-order valence-electron chi connectivity index (χ0n) is 13.2. The van der Waals surface area contributed by atoms with Crippen LogP contribution >= 0.6 is 0 Å². The molecule has 5 nitrogen and oxygen atoms in total. The SMILES string of the molecule is CC(C)(C)c1ccc(/C=N\NC(=O)[C@H]2CCS(=O)(=O)C2)cc1. The van der Waals surface area contributed by atoms with Gasteiger partial charge in [-0.1, -0.05) is 45.0 Å². The number of rotatable bonds is 3. The lowest BCUT2D eigenvalue weighted by Crippen LogP contribution is -2.27. The normalized spacial score (nSPS) is 21.1. The average Bonchev–Trinajstić information content (AvgIpc) is 2.79. The van der Waals surface area contributed by atoms with E-state index < -0.39 is 15.8 Å². The predicted molar refractivity (Wildman–Crippen MR) is 87.6 cm³/mol. The Kier molecular flexibility index (Phi) is 4.70. The second-order valence-electron chi connectivity index (χ2n) is 6.71. The molecule has 1 saturated heterocycles. The third kappa shape index (κ3) is 4.40. The summed E-state index contributed by atoms with van der Waals surface area (Å²) in [6.07, 6.45) is 1.94. The van der Waals surface area contributed by atoms with Crippen LogP contribution in [0.4, 0.5) is 0 Å². The lowest BCUT2D eigenvalue weighted by Gasteiger charge is -2.18. The standard InChI is InChI=1S/C16H22N2O3S/c1-16(2,3)14-6-4-12(5-7-14)10-17-18-15(19)13-8-9-22(20,21)11-13/h4-7,10,13H,8-9,11H2,1-3H3,(H,18,19)/b17-10-/t13-/m0/s1. The molecule has 2 rings (SSSR count). The van der Waals surface area contributed by atoms with E-state index >= 15 is 0 Å². The topological polar surface area (TPSA) is 75.6 Å². The van der Waals surface area contributed by atoms with Crippen LogP contribution in [-0.2, 0) is 20.0 Å². The van der Waals surface area contributed by atoms with Gasteiger partial charge < -0.3 is 0 Å². The molecule has 0 saturated carbocycles. The molecule has 1 aliphatic rings. The van der Waals surface area contributed by atoms with Gasteiger partial charge in [0, 0.05) is 0 Å². The average molecular weight is 322 g/mol. The number of sulfone groups is 1. The van der Waals surface area contributed by atoms with E-state index in [2.05, 4.69) is 31.3 Å². The number of carbonyl (C=O) groups is 1. The quantitative estimate of drug-likeness (QED) is 0.682. The van der Waals surface area contributed by atoms with E-state index in [0.29, 0.717) is 6.42 Å². The fraction of sp³-hybridized carbons (Fsp3) is 0.500. The van der Waals surface area contributed by atoms with Gasteiger partial charge >= 0.3 is 0 Å². The van der Waals surface area contributed by atoms with Crippen LogP contribution in [-0.4, -0.2) is 32.0 Å². The summed E-state index contributed by atoms with van der Waals surface area (Å²) < 4.78 is 22.7. The van der Waals surface area contributed by atoms with Crippen LogP contribution in [0.2, 0.25) is 0 Å². The molecule has 6 heteroatoms. The molecule has 0 spiro atoms. The highest BCUT2D eigenvalue weighted by atomic mass is 32.2. The van der Waals surface area contributed by atoms with Gasteiger partial charge in [-0.05, 0) is 23.0 Å². The van der Waals surface area contributed by atoms with Gasteiger partial charge in [0.05, 0.1) is 23.6 Å². The van der Waals surface area contributed by atoms with E-state index in [0.717, 1.165) is 5.56 Å². The van der Waals surface area contributed by atoms with Crippen molar-refractivity contribution in [2.24, 2.45) is 11.0 Å². The lowest BCUT2D eigenvalue weighted by atomic mass is 9.87. The maximum Gasteiger partial charge on any atom is 0.244 e. The zero-order chi connectivity index (χ0) is 16.4. The molecule has 1 aliphatic heterocycles.